The molecule has 0 unspecified atom stereocenters. The van der Waals surface area contributed by atoms with Crippen molar-refractivity contribution in [1.82, 2.24) is 15.0 Å². The second-order valence-electron chi connectivity index (χ2n) is 11.3. The fourth-order valence-electron chi connectivity index (χ4n) is 6.10. The molecule has 2 aromatic heterocycles. The molecule has 5 rings (SSSR count). The number of carbonyl (C=O) groups is 1. The number of cyclic esters (lactones) is 1. The van der Waals surface area contributed by atoms with Crippen LogP contribution < -0.4 is 4.90 Å². The van der Waals surface area contributed by atoms with Crippen LogP contribution in [-0.2, 0) is 23.6 Å². The van der Waals surface area contributed by atoms with Gasteiger partial charge in [0.15, 0.2) is 0 Å². The van der Waals surface area contributed by atoms with Crippen LogP contribution in [0.3, 0.4) is 0 Å². The fourth-order valence-corrected chi connectivity index (χ4v) is 6.10. The first-order valence-electron chi connectivity index (χ1n) is 14.1. The van der Waals surface area contributed by atoms with Crippen LogP contribution in [0.15, 0.2) is 35.0 Å². The molecular formula is C30H32F6N4O3. The Morgan fingerprint density at radius 3 is 2.16 bits per heavy atom. The van der Waals surface area contributed by atoms with E-state index in [4.69, 9.17) is 14.2 Å². The summed E-state index contributed by atoms with van der Waals surface area (Å²) >= 11 is 0. The SMILES string of the molecule is Cc1noc(C)c1-c1cnc(N(C)C2CCCCC2)c(CN2C(=O)O[C@H](c3cc(C(F)(F)F)cc(C(F)(F)F)c3)[C@@H]2C)c1. The van der Waals surface area contributed by atoms with E-state index in [0.717, 1.165) is 37.7 Å². The summed E-state index contributed by atoms with van der Waals surface area (Å²) in [7, 11) is 1.94. The molecule has 43 heavy (non-hydrogen) atoms. The molecule has 0 spiro atoms. The highest BCUT2D eigenvalue weighted by Gasteiger charge is 2.43. The molecule has 0 radical (unpaired) electrons. The van der Waals surface area contributed by atoms with E-state index >= 15 is 0 Å². The number of aryl methyl sites for hydroxylation is 2. The lowest BCUT2D eigenvalue weighted by molar-refractivity contribution is -0.143. The van der Waals surface area contributed by atoms with Crippen LogP contribution in [0.2, 0.25) is 0 Å². The molecule has 0 N–H and O–H groups in total. The van der Waals surface area contributed by atoms with E-state index in [2.05, 4.69) is 10.1 Å². The van der Waals surface area contributed by atoms with Crippen molar-refractivity contribution in [3.05, 3.63) is 64.2 Å². The minimum atomic E-state index is -5.02. The van der Waals surface area contributed by atoms with Gasteiger partial charge in [0.1, 0.15) is 17.7 Å². The topological polar surface area (TPSA) is 71.7 Å². The Morgan fingerprint density at radius 2 is 1.60 bits per heavy atom. The monoisotopic (exact) mass is 610 g/mol. The van der Waals surface area contributed by atoms with Gasteiger partial charge in [0.2, 0.25) is 0 Å². The zero-order valence-electron chi connectivity index (χ0n) is 24.1. The summed E-state index contributed by atoms with van der Waals surface area (Å²) in [5, 5.41) is 4.01. The van der Waals surface area contributed by atoms with E-state index in [-0.39, 0.29) is 24.2 Å². The Labute approximate surface area is 244 Å². The number of carbonyl (C=O) groups excluding carboxylic acids is 1. The first-order valence-corrected chi connectivity index (χ1v) is 14.1. The highest BCUT2D eigenvalue weighted by atomic mass is 19.4. The summed E-state index contributed by atoms with van der Waals surface area (Å²) in [4.78, 5) is 21.3. The summed E-state index contributed by atoms with van der Waals surface area (Å²) in [5.41, 5.74) is -0.561. The van der Waals surface area contributed by atoms with Crippen LogP contribution in [0.1, 0.15) is 78.8 Å². The molecule has 1 aliphatic carbocycles. The Hall–Kier alpha value is -3.77. The zero-order valence-corrected chi connectivity index (χ0v) is 24.1. The first kappa shape index (κ1) is 30.7. The third kappa shape index (κ3) is 6.16. The summed E-state index contributed by atoms with van der Waals surface area (Å²) < 4.78 is 92.0. The van der Waals surface area contributed by atoms with Crippen LogP contribution >= 0.6 is 0 Å². The Balaban J connectivity index is 1.52. The van der Waals surface area contributed by atoms with Crippen molar-refractivity contribution in [1.29, 1.82) is 0 Å². The maximum absolute atomic E-state index is 13.5. The van der Waals surface area contributed by atoms with Gasteiger partial charge in [-0.2, -0.15) is 26.3 Å². The number of rotatable bonds is 6. The molecule has 1 amide bonds. The van der Waals surface area contributed by atoms with E-state index in [9.17, 15) is 31.1 Å². The average Bonchev–Trinajstić information content (AvgIpc) is 3.44. The Bertz CT molecular complexity index is 1440. The lowest BCUT2D eigenvalue weighted by atomic mass is 9.94. The van der Waals surface area contributed by atoms with Crippen molar-refractivity contribution in [2.75, 3.05) is 11.9 Å². The molecule has 2 atom stereocenters. The molecule has 3 heterocycles. The van der Waals surface area contributed by atoms with Crippen molar-refractivity contribution in [2.24, 2.45) is 0 Å². The van der Waals surface area contributed by atoms with Gasteiger partial charge in [-0.15, -0.1) is 0 Å². The van der Waals surface area contributed by atoms with Gasteiger partial charge in [0.25, 0.3) is 0 Å². The molecule has 232 valence electrons. The smallest absolute Gasteiger partial charge is 0.416 e. The maximum Gasteiger partial charge on any atom is 0.416 e. The van der Waals surface area contributed by atoms with Crippen LogP contribution in [-0.4, -0.2) is 40.3 Å². The fraction of sp³-hybridized carbons (Fsp3) is 0.500. The quantitative estimate of drug-likeness (QED) is 0.262. The minimum Gasteiger partial charge on any atom is -0.439 e. The largest absolute Gasteiger partial charge is 0.439 e. The van der Waals surface area contributed by atoms with E-state index in [1.165, 1.54) is 4.90 Å². The predicted molar refractivity (Wildman–Crippen MR) is 145 cm³/mol. The number of hydrogen-bond donors (Lipinski definition) is 0. The van der Waals surface area contributed by atoms with Gasteiger partial charge < -0.3 is 14.2 Å². The average molecular weight is 611 g/mol. The van der Waals surface area contributed by atoms with Gasteiger partial charge >= 0.3 is 18.4 Å². The number of anilines is 1. The molecule has 0 bridgehead atoms. The lowest BCUT2D eigenvalue weighted by Crippen LogP contribution is -2.36. The molecule has 13 heteroatoms. The molecular weight excluding hydrogens is 578 g/mol. The molecule has 2 fully saturated rings. The molecule has 1 saturated heterocycles. The molecule has 2 aliphatic rings. The van der Waals surface area contributed by atoms with Crippen LogP contribution in [0.4, 0.5) is 37.0 Å². The second kappa shape index (κ2) is 11.4. The van der Waals surface area contributed by atoms with Crippen molar-refractivity contribution >= 4 is 11.9 Å². The number of aromatic nitrogens is 2. The molecule has 1 saturated carbocycles. The van der Waals surface area contributed by atoms with E-state index < -0.39 is 41.7 Å². The normalized spacial score (nSPS) is 20.0. The number of halogens is 6. The standard InChI is InChI=1S/C30H32F6N4O3/c1-16-25(18(3)43-38-16)20-10-21(27(37-14-20)39(4)24-8-6-5-7-9-24)15-40-17(2)26(42-28(40)41)19-11-22(29(31,32)33)13-23(12-19)30(34,35)36/h10-14,17,24,26H,5-9,15H2,1-4H3/t17-,26-/m0/s1. The third-order valence-electron chi connectivity index (χ3n) is 8.39. The van der Waals surface area contributed by atoms with E-state index in [0.29, 0.717) is 40.5 Å². The first-order chi connectivity index (χ1) is 20.1. The highest BCUT2D eigenvalue weighted by Crippen LogP contribution is 2.42. The number of nitrogens with zero attached hydrogens (tertiary/aromatic N) is 4. The molecule has 1 aromatic carbocycles. The number of amides is 1. The molecule has 3 aromatic rings. The van der Waals surface area contributed by atoms with Crippen molar-refractivity contribution in [3.63, 3.8) is 0 Å². The predicted octanol–water partition coefficient (Wildman–Crippen LogP) is 8.24. The van der Waals surface area contributed by atoms with Crippen LogP contribution in [0, 0.1) is 13.8 Å². The Morgan fingerprint density at radius 1 is 0.977 bits per heavy atom. The van der Waals surface area contributed by atoms with E-state index in [1.807, 2.05) is 13.1 Å². The van der Waals surface area contributed by atoms with Crippen LogP contribution in [0.25, 0.3) is 11.1 Å². The summed E-state index contributed by atoms with van der Waals surface area (Å²) in [6, 6.07) is 2.49. The summed E-state index contributed by atoms with van der Waals surface area (Å²) in [5.74, 6) is 1.21. The van der Waals surface area contributed by atoms with Crippen molar-refractivity contribution < 1.29 is 40.4 Å². The number of benzene rings is 1. The van der Waals surface area contributed by atoms with Gasteiger partial charge in [0, 0.05) is 36.0 Å². The summed E-state index contributed by atoms with van der Waals surface area (Å²) in [6.45, 7) is 5.07. The summed E-state index contributed by atoms with van der Waals surface area (Å²) in [6.07, 6.45) is -5.28. The molecule has 1 aliphatic heterocycles. The highest BCUT2D eigenvalue weighted by molar-refractivity contribution is 5.73. The van der Waals surface area contributed by atoms with Gasteiger partial charge in [-0.25, -0.2) is 9.78 Å². The van der Waals surface area contributed by atoms with E-state index in [1.54, 1.807) is 27.0 Å². The van der Waals surface area contributed by atoms with Crippen molar-refractivity contribution in [2.45, 2.75) is 90.0 Å². The second-order valence-corrected chi connectivity index (χ2v) is 11.3. The van der Waals surface area contributed by atoms with Crippen LogP contribution in [0.5, 0.6) is 0 Å². The number of ether oxygens (including phenoxy) is 1. The van der Waals surface area contributed by atoms with Gasteiger partial charge in [-0.3, -0.25) is 4.90 Å². The lowest BCUT2D eigenvalue weighted by Gasteiger charge is -2.34. The van der Waals surface area contributed by atoms with Gasteiger partial charge in [-0.1, -0.05) is 24.4 Å². The van der Waals surface area contributed by atoms with Crippen molar-refractivity contribution in [3.8, 4) is 11.1 Å². The zero-order chi connectivity index (χ0) is 31.3. The third-order valence-corrected chi connectivity index (χ3v) is 8.39. The Kier molecular flexibility index (Phi) is 8.12. The molecule has 7 nitrogen and oxygen atoms in total. The minimum absolute atomic E-state index is 0.0296. The van der Waals surface area contributed by atoms with Gasteiger partial charge in [-0.05, 0) is 63.4 Å². The number of pyridine rings is 1. The van der Waals surface area contributed by atoms with Gasteiger partial charge in [0.05, 0.1) is 29.4 Å². The number of hydrogen-bond acceptors (Lipinski definition) is 6. The maximum atomic E-state index is 13.5. The number of alkyl halides is 6.